The second-order valence-electron chi connectivity index (χ2n) is 7.79. The summed E-state index contributed by atoms with van der Waals surface area (Å²) >= 11 is 0. The average molecular weight is 384 g/mol. The Balaban J connectivity index is 2.08. The van der Waals surface area contributed by atoms with Crippen molar-refractivity contribution in [3.8, 4) is 11.8 Å². The normalized spacial score (nSPS) is 22.8. The number of carbonyl (C=O) groups excluding carboxylic acids is 2. The molecule has 0 aromatic heterocycles. The van der Waals surface area contributed by atoms with Crippen LogP contribution in [-0.2, 0) is 19.1 Å². The predicted octanol–water partition coefficient (Wildman–Crippen LogP) is 2.85. The van der Waals surface area contributed by atoms with Crippen LogP contribution in [0, 0.1) is 11.3 Å². The Hall–Kier alpha value is -3.01. The molecule has 0 unspecified atom stereocenters. The lowest BCUT2D eigenvalue weighted by molar-refractivity contribution is -0.171. The summed E-state index contributed by atoms with van der Waals surface area (Å²) in [7, 11) is 0. The minimum absolute atomic E-state index is 0.0631. The molecule has 3 rings (SSSR count). The number of nitriles is 1. The molecule has 1 aromatic rings. The van der Waals surface area contributed by atoms with Crippen molar-refractivity contribution in [2.75, 3.05) is 6.54 Å². The molecule has 7 nitrogen and oxygen atoms in total. The standard InChI is InChI=1S/C21H24N2O5/c1-12(2)26-15-9-18(25)23(11-15)19-16-8-14(10-22)6-7-17(16)28-21(4,5)20(19)27-13(3)24/h6-9,12,19-20H,11H2,1-5H3/t19-,20+/m1/s1. The molecule has 2 aliphatic rings. The first-order valence-corrected chi connectivity index (χ1v) is 9.20. The molecule has 0 saturated heterocycles. The number of hydrogen-bond donors (Lipinski definition) is 0. The van der Waals surface area contributed by atoms with Crippen molar-refractivity contribution in [1.29, 1.82) is 5.26 Å². The van der Waals surface area contributed by atoms with E-state index in [1.54, 1.807) is 23.1 Å². The van der Waals surface area contributed by atoms with Crippen LogP contribution in [0.1, 0.15) is 51.8 Å². The van der Waals surface area contributed by atoms with E-state index in [2.05, 4.69) is 6.07 Å². The molecule has 0 N–H and O–H groups in total. The first kappa shape index (κ1) is 19.7. The minimum atomic E-state index is -0.876. The van der Waals surface area contributed by atoms with Gasteiger partial charge in [-0.3, -0.25) is 9.59 Å². The molecule has 1 aromatic carbocycles. The van der Waals surface area contributed by atoms with E-state index in [0.29, 0.717) is 22.6 Å². The van der Waals surface area contributed by atoms with Crippen molar-refractivity contribution in [2.45, 2.75) is 58.5 Å². The van der Waals surface area contributed by atoms with Crippen molar-refractivity contribution in [3.63, 3.8) is 0 Å². The first-order chi connectivity index (χ1) is 13.1. The smallest absolute Gasteiger partial charge is 0.303 e. The van der Waals surface area contributed by atoms with E-state index >= 15 is 0 Å². The molecular formula is C21H24N2O5. The van der Waals surface area contributed by atoms with Crippen molar-refractivity contribution in [3.05, 3.63) is 41.2 Å². The third kappa shape index (κ3) is 3.68. The lowest BCUT2D eigenvalue weighted by atomic mass is 9.84. The maximum Gasteiger partial charge on any atom is 0.303 e. The number of rotatable bonds is 4. The summed E-state index contributed by atoms with van der Waals surface area (Å²) in [5.41, 5.74) is 0.198. The van der Waals surface area contributed by atoms with Crippen LogP contribution in [-0.4, -0.2) is 41.1 Å². The molecule has 0 spiro atoms. The number of esters is 1. The van der Waals surface area contributed by atoms with Gasteiger partial charge in [0.05, 0.1) is 24.3 Å². The van der Waals surface area contributed by atoms with E-state index in [-0.39, 0.29) is 18.6 Å². The Morgan fingerprint density at radius 1 is 1.39 bits per heavy atom. The number of benzene rings is 1. The van der Waals surface area contributed by atoms with Gasteiger partial charge in [-0.1, -0.05) is 0 Å². The molecule has 28 heavy (non-hydrogen) atoms. The van der Waals surface area contributed by atoms with Gasteiger partial charge in [-0.05, 0) is 45.9 Å². The number of amides is 1. The maximum absolute atomic E-state index is 12.8. The molecule has 0 saturated carbocycles. The lowest BCUT2D eigenvalue weighted by Gasteiger charge is -2.46. The molecule has 2 heterocycles. The van der Waals surface area contributed by atoms with Crippen LogP contribution in [0.2, 0.25) is 0 Å². The van der Waals surface area contributed by atoms with Crippen molar-refractivity contribution in [2.24, 2.45) is 0 Å². The Morgan fingerprint density at radius 2 is 2.11 bits per heavy atom. The summed E-state index contributed by atoms with van der Waals surface area (Å²) in [5.74, 6) is 0.418. The van der Waals surface area contributed by atoms with E-state index in [4.69, 9.17) is 14.2 Å². The molecular weight excluding hydrogens is 360 g/mol. The quantitative estimate of drug-likeness (QED) is 0.742. The highest BCUT2D eigenvalue weighted by Gasteiger charge is 2.50. The second kappa shape index (κ2) is 7.19. The average Bonchev–Trinajstić information content (AvgIpc) is 2.93. The number of nitrogens with zero attached hydrogens (tertiary/aromatic N) is 2. The van der Waals surface area contributed by atoms with Gasteiger partial charge in [0.25, 0.3) is 5.91 Å². The third-order valence-electron chi connectivity index (χ3n) is 4.71. The third-order valence-corrected chi connectivity index (χ3v) is 4.71. The van der Waals surface area contributed by atoms with Crippen LogP contribution in [0.5, 0.6) is 5.75 Å². The Morgan fingerprint density at radius 3 is 2.71 bits per heavy atom. The van der Waals surface area contributed by atoms with Crippen LogP contribution in [0.25, 0.3) is 0 Å². The number of hydrogen-bond acceptors (Lipinski definition) is 6. The van der Waals surface area contributed by atoms with E-state index < -0.39 is 23.7 Å². The predicted molar refractivity (Wildman–Crippen MR) is 100 cm³/mol. The summed E-state index contributed by atoms with van der Waals surface area (Å²) in [5, 5.41) is 9.31. The fourth-order valence-corrected chi connectivity index (χ4v) is 3.66. The van der Waals surface area contributed by atoms with E-state index in [9.17, 15) is 14.9 Å². The van der Waals surface area contributed by atoms with Gasteiger partial charge in [0.2, 0.25) is 0 Å². The molecule has 148 valence electrons. The zero-order valence-electron chi connectivity index (χ0n) is 16.7. The molecule has 7 heteroatoms. The fraction of sp³-hybridized carbons (Fsp3) is 0.476. The van der Waals surface area contributed by atoms with Crippen LogP contribution in [0.3, 0.4) is 0 Å². The molecule has 0 fully saturated rings. The highest BCUT2D eigenvalue weighted by molar-refractivity contribution is 5.91. The summed E-state index contributed by atoms with van der Waals surface area (Å²) in [6.45, 7) is 8.99. The summed E-state index contributed by atoms with van der Waals surface area (Å²) < 4.78 is 17.4. The maximum atomic E-state index is 12.8. The van der Waals surface area contributed by atoms with Crippen LogP contribution in [0.4, 0.5) is 0 Å². The molecule has 0 bridgehead atoms. The lowest BCUT2D eigenvalue weighted by Crippen LogP contribution is -2.55. The molecule has 2 aliphatic heterocycles. The van der Waals surface area contributed by atoms with Gasteiger partial charge >= 0.3 is 5.97 Å². The van der Waals surface area contributed by atoms with Crippen molar-refractivity contribution in [1.82, 2.24) is 4.90 Å². The fourth-order valence-electron chi connectivity index (χ4n) is 3.66. The number of ether oxygens (including phenoxy) is 3. The van der Waals surface area contributed by atoms with Gasteiger partial charge in [0, 0.05) is 18.6 Å². The molecule has 1 amide bonds. The summed E-state index contributed by atoms with van der Waals surface area (Å²) in [6, 6.07) is 6.56. The SMILES string of the molecule is CC(=O)O[C@H]1[C@H](N2CC(OC(C)C)=CC2=O)c2cc(C#N)ccc2OC1(C)C. The first-order valence-electron chi connectivity index (χ1n) is 9.20. The van der Waals surface area contributed by atoms with Crippen LogP contribution in [0.15, 0.2) is 30.0 Å². The highest BCUT2D eigenvalue weighted by atomic mass is 16.6. The minimum Gasteiger partial charge on any atom is -0.493 e. The van der Waals surface area contributed by atoms with Gasteiger partial charge in [-0.25, -0.2) is 0 Å². The molecule has 0 radical (unpaired) electrons. The second-order valence-corrected chi connectivity index (χ2v) is 7.79. The van der Waals surface area contributed by atoms with Gasteiger partial charge in [0.15, 0.2) is 6.10 Å². The molecule has 0 aliphatic carbocycles. The number of fused-ring (bicyclic) bond motifs is 1. The van der Waals surface area contributed by atoms with Gasteiger partial charge < -0.3 is 19.1 Å². The number of carbonyl (C=O) groups is 2. The van der Waals surface area contributed by atoms with Crippen LogP contribution < -0.4 is 4.74 Å². The van der Waals surface area contributed by atoms with Gasteiger partial charge in [0.1, 0.15) is 23.2 Å². The zero-order valence-corrected chi connectivity index (χ0v) is 16.7. The van der Waals surface area contributed by atoms with E-state index in [1.165, 1.54) is 13.0 Å². The zero-order chi connectivity index (χ0) is 20.6. The van der Waals surface area contributed by atoms with Crippen LogP contribution >= 0.6 is 0 Å². The van der Waals surface area contributed by atoms with E-state index in [0.717, 1.165) is 0 Å². The highest BCUT2D eigenvalue weighted by Crippen LogP contribution is 2.45. The van der Waals surface area contributed by atoms with Gasteiger partial charge in [-0.15, -0.1) is 0 Å². The Labute approximate surface area is 164 Å². The summed E-state index contributed by atoms with van der Waals surface area (Å²) in [6.07, 6.45) is 0.648. The largest absolute Gasteiger partial charge is 0.493 e. The van der Waals surface area contributed by atoms with Crippen molar-refractivity contribution < 1.29 is 23.8 Å². The van der Waals surface area contributed by atoms with E-state index in [1.807, 2.05) is 27.7 Å². The van der Waals surface area contributed by atoms with Crippen molar-refractivity contribution >= 4 is 11.9 Å². The Bertz CT molecular complexity index is 881. The Kier molecular flexibility index (Phi) is 5.07. The monoisotopic (exact) mass is 384 g/mol. The molecule has 2 atom stereocenters. The topological polar surface area (TPSA) is 88.9 Å². The summed E-state index contributed by atoms with van der Waals surface area (Å²) in [4.78, 5) is 26.2. The van der Waals surface area contributed by atoms with Gasteiger partial charge in [-0.2, -0.15) is 5.26 Å².